The van der Waals surface area contributed by atoms with Crippen LogP contribution in [0.15, 0.2) is 48.8 Å². The summed E-state index contributed by atoms with van der Waals surface area (Å²) in [5.41, 5.74) is 5.94. The molecule has 4 rings (SSSR count). The normalized spacial score (nSPS) is 15.7. The van der Waals surface area contributed by atoms with E-state index in [1.807, 2.05) is 13.3 Å². The van der Waals surface area contributed by atoms with Crippen molar-refractivity contribution < 1.29 is 4.74 Å². The van der Waals surface area contributed by atoms with Gasteiger partial charge in [-0.25, -0.2) is 4.98 Å². The molecule has 3 aromatic rings. The van der Waals surface area contributed by atoms with E-state index in [0.717, 1.165) is 37.2 Å². The fourth-order valence-corrected chi connectivity index (χ4v) is 3.88. The number of fused-ring (bicyclic) bond motifs is 1. The maximum absolute atomic E-state index is 5.66. The Hall–Kier alpha value is -2.33. The Morgan fingerprint density at radius 2 is 1.88 bits per heavy atom. The van der Waals surface area contributed by atoms with Gasteiger partial charge in [-0.05, 0) is 69.0 Å². The Morgan fingerprint density at radius 1 is 1.08 bits per heavy atom. The van der Waals surface area contributed by atoms with E-state index in [2.05, 4.69) is 63.8 Å². The summed E-state index contributed by atoms with van der Waals surface area (Å²) < 4.78 is 7.85. The third-order valence-corrected chi connectivity index (χ3v) is 5.17. The Labute approximate surface area is 155 Å². The predicted molar refractivity (Wildman–Crippen MR) is 107 cm³/mol. The molecule has 136 valence electrons. The highest BCUT2D eigenvalue weighted by Crippen LogP contribution is 2.25. The molecule has 4 heteroatoms. The summed E-state index contributed by atoms with van der Waals surface area (Å²) in [6, 6.07) is 15.3. The molecule has 0 saturated carbocycles. The molecular formula is C22H27N3O. The molecule has 1 aliphatic rings. The quantitative estimate of drug-likeness (QED) is 0.652. The van der Waals surface area contributed by atoms with Crippen LogP contribution < -0.4 is 4.90 Å². The molecule has 0 amide bonds. The van der Waals surface area contributed by atoms with Crippen molar-refractivity contribution in [3.05, 3.63) is 54.4 Å². The molecular weight excluding hydrogens is 322 g/mol. The first kappa shape index (κ1) is 17.1. The van der Waals surface area contributed by atoms with Gasteiger partial charge in [0.1, 0.15) is 6.33 Å². The minimum absolute atomic E-state index is 0.233. The summed E-state index contributed by atoms with van der Waals surface area (Å²) in [7, 11) is 0. The lowest BCUT2D eigenvalue weighted by molar-refractivity contribution is 0.0768. The molecule has 0 radical (unpaired) electrons. The van der Waals surface area contributed by atoms with E-state index >= 15 is 0 Å². The van der Waals surface area contributed by atoms with Crippen LogP contribution in [0.25, 0.3) is 16.7 Å². The molecule has 1 unspecified atom stereocenters. The molecule has 0 spiro atoms. The van der Waals surface area contributed by atoms with E-state index in [1.54, 1.807) is 0 Å². The van der Waals surface area contributed by atoms with Gasteiger partial charge in [0.25, 0.3) is 0 Å². The van der Waals surface area contributed by atoms with Gasteiger partial charge in [0.05, 0.1) is 17.1 Å². The van der Waals surface area contributed by atoms with E-state index in [1.165, 1.54) is 29.8 Å². The third kappa shape index (κ3) is 3.47. The van der Waals surface area contributed by atoms with E-state index < -0.39 is 0 Å². The minimum Gasteiger partial charge on any atom is -0.378 e. The zero-order valence-corrected chi connectivity index (χ0v) is 15.7. The molecule has 2 aromatic carbocycles. The number of ether oxygens (including phenoxy) is 1. The van der Waals surface area contributed by atoms with E-state index in [4.69, 9.17) is 4.74 Å². The first-order valence-corrected chi connectivity index (χ1v) is 9.67. The summed E-state index contributed by atoms with van der Waals surface area (Å²) in [5, 5.41) is 0. The SMILES string of the molecule is CCOC(C)Cc1ccc2c(c1)ncn2-c1cccc(N2CCCC2)c1. The molecule has 4 nitrogen and oxygen atoms in total. The fraction of sp³-hybridized carbons (Fsp3) is 0.409. The summed E-state index contributed by atoms with van der Waals surface area (Å²) >= 11 is 0. The highest BCUT2D eigenvalue weighted by molar-refractivity contribution is 5.78. The predicted octanol–water partition coefficient (Wildman–Crippen LogP) is 4.59. The summed E-state index contributed by atoms with van der Waals surface area (Å²) in [6.45, 7) is 7.24. The van der Waals surface area contributed by atoms with Crippen molar-refractivity contribution in [2.75, 3.05) is 24.6 Å². The first-order valence-electron chi connectivity index (χ1n) is 9.67. The summed E-state index contributed by atoms with van der Waals surface area (Å²) in [6.07, 6.45) is 5.67. The van der Waals surface area contributed by atoms with Gasteiger partial charge in [0.15, 0.2) is 0 Å². The van der Waals surface area contributed by atoms with Gasteiger partial charge in [-0.2, -0.15) is 0 Å². The van der Waals surface area contributed by atoms with Crippen molar-refractivity contribution in [2.24, 2.45) is 0 Å². The monoisotopic (exact) mass is 349 g/mol. The molecule has 1 aliphatic heterocycles. The number of aromatic nitrogens is 2. The summed E-state index contributed by atoms with van der Waals surface area (Å²) in [5.74, 6) is 0. The third-order valence-electron chi connectivity index (χ3n) is 5.17. The lowest BCUT2D eigenvalue weighted by atomic mass is 10.1. The smallest absolute Gasteiger partial charge is 0.100 e. The van der Waals surface area contributed by atoms with Crippen molar-refractivity contribution in [3.63, 3.8) is 0 Å². The van der Waals surface area contributed by atoms with Crippen molar-refractivity contribution in [1.29, 1.82) is 0 Å². The van der Waals surface area contributed by atoms with E-state index in [0.29, 0.717) is 0 Å². The average molecular weight is 349 g/mol. The number of hydrogen-bond donors (Lipinski definition) is 0. The van der Waals surface area contributed by atoms with Crippen LogP contribution >= 0.6 is 0 Å². The van der Waals surface area contributed by atoms with Gasteiger partial charge in [0.2, 0.25) is 0 Å². The maximum Gasteiger partial charge on any atom is 0.100 e. The topological polar surface area (TPSA) is 30.3 Å². The van der Waals surface area contributed by atoms with Gasteiger partial charge in [-0.15, -0.1) is 0 Å². The Kier molecular flexibility index (Phi) is 4.93. The van der Waals surface area contributed by atoms with Crippen LogP contribution in [0, 0.1) is 0 Å². The number of hydrogen-bond acceptors (Lipinski definition) is 3. The zero-order valence-electron chi connectivity index (χ0n) is 15.7. The molecule has 1 aromatic heterocycles. The van der Waals surface area contributed by atoms with Crippen LogP contribution in [0.1, 0.15) is 32.3 Å². The van der Waals surface area contributed by atoms with Gasteiger partial charge in [-0.3, -0.25) is 4.57 Å². The number of rotatable bonds is 6. The van der Waals surface area contributed by atoms with Crippen LogP contribution in [0.5, 0.6) is 0 Å². The van der Waals surface area contributed by atoms with Crippen LogP contribution in [-0.2, 0) is 11.2 Å². The van der Waals surface area contributed by atoms with Crippen LogP contribution in [0.2, 0.25) is 0 Å². The van der Waals surface area contributed by atoms with Crippen LogP contribution in [-0.4, -0.2) is 35.4 Å². The van der Waals surface area contributed by atoms with E-state index in [-0.39, 0.29) is 6.10 Å². The number of nitrogens with zero attached hydrogens (tertiary/aromatic N) is 3. The highest BCUT2D eigenvalue weighted by atomic mass is 16.5. The average Bonchev–Trinajstić information content (AvgIpc) is 3.32. The van der Waals surface area contributed by atoms with Crippen molar-refractivity contribution in [1.82, 2.24) is 9.55 Å². The molecule has 0 aliphatic carbocycles. The Balaban J connectivity index is 1.62. The van der Waals surface area contributed by atoms with E-state index in [9.17, 15) is 0 Å². The molecule has 26 heavy (non-hydrogen) atoms. The van der Waals surface area contributed by atoms with Crippen LogP contribution in [0.3, 0.4) is 0 Å². The highest BCUT2D eigenvalue weighted by Gasteiger charge is 2.13. The maximum atomic E-state index is 5.66. The van der Waals surface area contributed by atoms with Gasteiger partial charge >= 0.3 is 0 Å². The van der Waals surface area contributed by atoms with Crippen molar-refractivity contribution in [2.45, 2.75) is 39.2 Å². The lowest BCUT2D eigenvalue weighted by Gasteiger charge is -2.18. The second-order valence-electron chi connectivity index (χ2n) is 7.12. The van der Waals surface area contributed by atoms with Crippen molar-refractivity contribution in [3.8, 4) is 5.69 Å². The molecule has 0 N–H and O–H groups in total. The van der Waals surface area contributed by atoms with Gasteiger partial charge in [0, 0.05) is 31.1 Å². The number of imidazole rings is 1. The number of benzene rings is 2. The Morgan fingerprint density at radius 3 is 2.69 bits per heavy atom. The first-order chi connectivity index (χ1) is 12.7. The van der Waals surface area contributed by atoms with Crippen LogP contribution in [0.4, 0.5) is 5.69 Å². The summed E-state index contributed by atoms with van der Waals surface area (Å²) in [4.78, 5) is 7.11. The molecule has 0 bridgehead atoms. The van der Waals surface area contributed by atoms with Crippen molar-refractivity contribution >= 4 is 16.7 Å². The lowest BCUT2D eigenvalue weighted by Crippen LogP contribution is -2.17. The van der Waals surface area contributed by atoms with Gasteiger partial charge < -0.3 is 9.64 Å². The molecule has 2 heterocycles. The number of anilines is 1. The zero-order chi connectivity index (χ0) is 17.9. The second kappa shape index (κ2) is 7.50. The molecule has 1 fully saturated rings. The largest absolute Gasteiger partial charge is 0.378 e. The fourth-order valence-electron chi connectivity index (χ4n) is 3.88. The molecule has 1 saturated heterocycles. The standard InChI is InChI=1S/C22H27N3O/c1-3-26-17(2)13-18-9-10-22-21(14-18)23-16-25(22)20-8-6-7-19(15-20)24-11-4-5-12-24/h6-10,14-17H,3-5,11-13H2,1-2H3. The second-order valence-corrected chi connectivity index (χ2v) is 7.12. The Bertz CT molecular complexity index is 880. The minimum atomic E-state index is 0.233. The molecule has 1 atom stereocenters. The van der Waals surface area contributed by atoms with Gasteiger partial charge in [-0.1, -0.05) is 12.1 Å².